The fraction of sp³-hybridized carbons (Fsp3) is 0.500. The molecule has 1 aromatic rings. The standard InChI is InChI=1S/C8H14N6O2/c1-5-10-7(12-11-5)4-14(2)8(15)3-6(9)13-16/h16H,3-4H2,1-2H3,(H2,9,13)(H,10,11,12). The summed E-state index contributed by atoms with van der Waals surface area (Å²) in [6, 6.07) is 0. The van der Waals surface area contributed by atoms with E-state index in [0.29, 0.717) is 11.6 Å². The summed E-state index contributed by atoms with van der Waals surface area (Å²) in [5.41, 5.74) is 5.22. The number of carbonyl (C=O) groups is 1. The Morgan fingerprint density at radius 2 is 2.38 bits per heavy atom. The SMILES string of the molecule is Cc1nc(CN(C)C(=O)CC(N)=NO)n[nH]1. The zero-order valence-electron chi connectivity index (χ0n) is 9.14. The third-order valence-electron chi connectivity index (χ3n) is 1.91. The topological polar surface area (TPSA) is 120 Å². The van der Waals surface area contributed by atoms with Crippen molar-refractivity contribution >= 4 is 11.7 Å². The number of aromatic amines is 1. The van der Waals surface area contributed by atoms with E-state index in [1.807, 2.05) is 0 Å². The number of amides is 1. The second-order valence-corrected chi connectivity index (χ2v) is 3.35. The molecule has 1 amide bonds. The molecular formula is C8H14N6O2. The van der Waals surface area contributed by atoms with E-state index in [4.69, 9.17) is 10.9 Å². The minimum absolute atomic E-state index is 0.122. The Kier molecular flexibility index (Phi) is 3.81. The summed E-state index contributed by atoms with van der Waals surface area (Å²) in [6.45, 7) is 2.05. The first-order valence-corrected chi connectivity index (χ1v) is 4.61. The smallest absolute Gasteiger partial charge is 0.230 e. The number of hydrogen-bond donors (Lipinski definition) is 3. The molecule has 0 saturated carbocycles. The molecule has 16 heavy (non-hydrogen) atoms. The molecule has 0 aromatic carbocycles. The van der Waals surface area contributed by atoms with Gasteiger partial charge in [-0.1, -0.05) is 5.16 Å². The van der Waals surface area contributed by atoms with E-state index in [0.717, 1.165) is 0 Å². The molecule has 88 valence electrons. The zero-order valence-corrected chi connectivity index (χ0v) is 9.14. The van der Waals surface area contributed by atoms with E-state index in [2.05, 4.69) is 20.3 Å². The van der Waals surface area contributed by atoms with E-state index in [1.54, 1.807) is 14.0 Å². The number of carbonyl (C=O) groups excluding carboxylic acids is 1. The number of nitrogens with zero attached hydrogens (tertiary/aromatic N) is 4. The minimum Gasteiger partial charge on any atom is -0.409 e. The van der Waals surface area contributed by atoms with Gasteiger partial charge < -0.3 is 15.8 Å². The first kappa shape index (κ1) is 12.0. The normalized spacial score (nSPS) is 11.5. The van der Waals surface area contributed by atoms with E-state index in [-0.39, 0.29) is 24.7 Å². The maximum atomic E-state index is 11.5. The lowest BCUT2D eigenvalue weighted by Gasteiger charge is -2.14. The maximum Gasteiger partial charge on any atom is 0.230 e. The van der Waals surface area contributed by atoms with Crippen LogP contribution in [0.4, 0.5) is 0 Å². The molecule has 0 aliphatic heterocycles. The Morgan fingerprint density at radius 1 is 1.69 bits per heavy atom. The van der Waals surface area contributed by atoms with Crippen LogP contribution in [0.2, 0.25) is 0 Å². The summed E-state index contributed by atoms with van der Waals surface area (Å²) in [5, 5.41) is 17.6. The third-order valence-corrected chi connectivity index (χ3v) is 1.91. The van der Waals surface area contributed by atoms with E-state index in [1.165, 1.54) is 4.90 Å². The Hall–Kier alpha value is -2.12. The lowest BCUT2D eigenvalue weighted by atomic mass is 10.3. The molecule has 4 N–H and O–H groups in total. The van der Waals surface area contributed by atoms with Crippen molar-refractivity contribution in [2.75, 3.05) is 7.05 Å². The van der Waals surface area contributed by atoms with Crippen molar-refractivity contribution in [3.63, 3.8) is 0 Å². The van der Waals surface area contributed by atoms with Gasteiger partial charge in [0.2, 0.25) is 5.91 Å². The van der Waals surface area contributed by atoms with Crippen LogP contribution in [0.25, 0.3) is 0 Å². The molecule has 8 nitrogen and oxygen atoms in total. The number of nitrogens with two attached hydrogens (primary N) is 1. The highest BCUT2D eigenvalue weighted by Crippen LogP contribution is 1.99. The van der Waals surface area contributed by atoms with Gasteiger partial charge in [-0.05, 0) is 6.92 Å². The van der Waals surface area contributed by atoms with Crippen molar-refractivity contribution < 1.29 is 10.0 Å². The molecule has 8 heteroatoms. The Morgan fingerprint density at radius 3 is 2.88 bits per heavy atom. The molecule has 0 unspecified atom stereocenters. The van der Waals surface area contributed by atoms with Crippen molar-refractivity contribution in [2.24, 2.45) is 10.9 Å². The first-order chi connectivity index (χ1) is 7.52. The van der Waals surface area contributed by atoms with E-state index >= 15 is 0 Å². The van der Waals surface area contributed by atoms with Crippen LogP contribution in [0, 0.1) is 6.92 Å². The zero-order chi connectivity index (χ0) is 12.1. The van der Waals surface area contributed by atoms with Crippen LogP contribution < -0.4 is 5.73 Å². The molecule has 1 aromatic heterocycles. The molecule has 1 heterocycles. The molecule has 0 bridgehead atoms. The van der Waals surface area contributed by atoms with Crippen molar-refractivity contribution in [2.45, 2.75) is 19.9 Å². The average Bonchev–Trinajstić information content (AvgIpc) is 2.63. The molecule has 0 fully saturated rings. The van der Waals surface area contributed by atoms with Gasteiger partial charge in [-0.3, -0.25) is 9.89 Å². The number of rotatable bonds is 4. The number of hydrogen-bond acceptors (Lipinski definition) is 5. The summed E-state index contributed by atoms with van der Waals surface area (Å²) in [7, 11) is 1.60. The predicted octanol–water partition coefficient (Wildman–Crippen LogP) is -0.792. The van der Waals surface area contributed by atoms with Crippen LogP contribution in [0.3, 0.4) is 0 Å². The van der Waals surface area contributed by atoms with Crippen LogP contribution >= 0.6 is 0 Å². The Balaban J connectivity index is 2.52. The Labute approximate surface area is 92.1 Å². The average molecular weight is 226 g/mol. The number of amidine groups is 1. The third kappa shape index (κ3) is 3.23. The summed E-state index contributed by atoms with van der Waals surface area (Å²) >= 11 is 0. The van der Waals surface area contributed by atoms with Crippen molar-refractivity contribution in [3.8, 4) is 0 Å². The lowest BCUT2D eigenvalue weighted by molar-refractivity contribution is -0.129. The van der Waals surface area contributed by atoms with Gasteiger partial charge in [-0.15, -0.1) is 0 Å². The quantitative estimate of drug-likeness (QED) is 0.269. The van der Waals surface area contributed by atoms with Gasteiger partial charge in [0.15, 0.2) is 5.82 Å². The second kappa shape index (κ2) is 5.10. The lowest BCUT2D eigenvalue weighted by Crippen LogP contribution is -2.30. The van der Waals surface area contributed by atoms with Gasteiger partial charge in [0.1, 0.15) is 11.7 Å². The number of aryl methyl sites for hydroxylation is 1. The van der Waals surface area contributed by atoms with E-state index in [9.17, 15) is 4.79 Å². The van der Waals surface area contributed by atoms with Gasteiger partial charge in [0, 0.05) is 7.05 Å². The van der Waals surface area contributed by atoms with Gasteiger partial charge >= 0.3 is 0 Å². The second-order valence-electron chi connectivity index (χ2n) is 3.35. The highest BCUT2D eigenvalue weighted by atomic mass is 16.4. The predicted molar refractivity (Wildman–Crippen MR) is 55.6 cm³/mol. The molecule has 0 saturated heterocycles. The summed E-state index contributed by atoms with van der Waals surface area (Å²) < 4.78 is 0. The van der Waals surface area contributed by atoms with Crippen molar-refractivity contribution in [3.05, 3.63) is 11.6 Å². The fourth-order valence-corrected chi connectivity index (χ4v) is 1.09. The van der Waals surface area contributed by atoms with Crippen LogP contribution in [0.15, 0.2) is 5.16 Å². The summed E-state index contributed by atoms with van der Waals surface area (Å²) in [6.07, 6.45) is -0.129. The van der Waals surface area contributed by atoms with Crippen molar-refractivity contribution in [1.82, 2.24) is 20.1 Å². The minimum atomic E-state index is -0.266. The molecular weight excluding hydrogens is 212 g/mol. The molecule has 0 atom stereocenters. The van der Waals surface area contributed by atoms with Crippen LogP contribution in [0.1, 0.15) is 18.1 Å². The molecule has 0 aliphatic carbocycles. The fourth-order valence-electron chi connectivity index (χ4n) is 1.09. The molecule has 0 aliphatic rings. The highest BCUT2D eigenvalue weighted by Gasteiger charge is 2.13. The highest BCUT2D eigenvalue weighted by molar-refractivity contribution is 5.98. The van der Waals surface area contributed by atoms with Crippen LogP contribution in [-0.4, -0.2) is 44.1 Å². The number of H-pyrrole nitrogens is 1. The van der Waals surface area contributed by atoms with Gasteiger partial charge in [-0.2, -0.15) is 5.10 Å². The molecule has 0 radical (unpaired) electrons. The first-order valence-electron chi connectivity index (χ1n) is 4.61. The monoisotopic (exact) mass is 226 g/mol. The number of nitrogens with one attached hydrogen (secondary N) is 1. The number of oxime groups is 1. The van der Waals surface area contributed by atoms with Crippen molar-refractivity contribution in [1.29, 1.82) is 0 Å². The van der Waals surface area contributed by atoms with Gasteiger partial charge in [0.05, 0.1) is 13.0 Å². The van der Waals surface area contributed by atoms with Crippen LogP contribution in [0.5, 0.6) is 0 Å². The van der Waals surface area contributed by atoms with E-state index < -0.39 is 0 Å². The van der Waals surface area contributed by atoms with Gasteiger partial charge in [-0.25, -0.2) is 4.98 Å². The maximum absolute atomic E-state index is 11.5. The largest absolute Gasteiger partial charge is 0.409 e. The summed E-state index contributed by atoms with van der Waals surface area (Å²) in [5.74, 6) is 0.820. The number of aromatic nitrogens is 3. The molecule has 0 spiro atoms. The Bertz CT molecular complexity index is 399. The van der Waals surface area contributed by atoms with Gasteiger partial charge in [0.25, 0.3) is 0 Å². The van der Waals surface area contributed by atoms with Crippen LogP contribution in [-0.2, 0) is 11.3 Å². The molecule has 1 rings (SSSR count). The summed E-state index contributed by atoms with van der Waals surface area (Å²) in [4.78, 5) is 17.0.